The second-order valence-corrected chi connectivity index (χ2v) is 6.42. The summed E-state index contributed by atoms with van der Waals surface area (Å²) in [7, 11) is 1.60. The van der Waals surface area contributed by atoms with Crippen molar-refractivity contribution in [2.24, 2.45) is 5.73 Å². The molecule has 112 valence electrons. The molecule has 1 atom stereocenters. The van der Waals surface area contributed by atoms with E-state index in [0.717, 1.165) is 11.1 Å². The number of nitrogens with two attached hydrogens (primary N) is 1. The number of carbonyl (C=O) groups excluding carboxylic acids is 1. The number of hydrogen-bond acceptors (Lipinski definition) is 3. The maximum absolute atomic E-state index is 12.0. The molecule has 4 heteroatoms. The van der Waals surface area contributed by atoms with E-state index in [0.29, 0.717) is 0 Å². The van der Waals surface area contributed by atoms with Crippen molar-refractivity contribution in [2.75, 3.05) is 7.05 Å². The van der Waals surface area contributed by atoms with Crippen LogP contribution >= 0.6 is 11.3 Å². The fraction of sp³-hybridized carbons (Fsp3) is 0.167. The summed E-state index contributed by atoms with van der Waals surface area (Å²) in [6.45, 7) is 1.73. The van der Waals surface area contributed by atoms with Crippen LogP contribution in [0.1, 0.15) is 12.5 Å². The van der Waals surface area contributed by atoms with Crippen molar-refractivity contribution in [1.82, 2.24) is 5.32 Å². The molecule has 1 heterocycles. The number of hydrogen-bond donors (Lipinski definition) is 2. The van der Waals surface area contributed by atoms with Crippen molar-refractivity contribution in [3.8, 4) is 11.1 Å². The number of thiophene rings is 1. The first-order valence-corrected chi connectivity index (χ1v) is 8.00. The molecular weight excluding hydrogens is 292 g/mol. The van der Waals surface area contributed by atoms with Gasteiger partial charge in [-0.05, 0) is 35.6 Å². The largest absolute Gasteiger partial charge is 0.357 e. The van der Waals surface area contributed by atoms with Gasteiger partial charge in [0.25, 0.3) is 0 Å². The van der Waals surface area contributed by atoms with Gasteiger partial charge in [-0.2, -0.15) is 0 Å². The Bertz CT molecular complexity index is 836. The Morgan fingerprint density at radius 1 is 1.18 bits per heavy atom. The van der Waals surface area contributed by atoms with E-state index in [2.05, 4.69) is 28.9 Å². The molecule has 0 fully saturated rings. The SMILES string of the molecule is CNC(=O)C(C)(N)c1cccc(-c2csc3ccccc23)c1. The van der Waals surface area contributed by atoms with E-state index in [-0.39, 0.29) is 5.91 Å². The summed E-state index contributed by atoms with van der Waals surface area (Å²) >= 11 is 1.72. The Balaban J connectivity index is 2.10. The summed E-state index contributed by atoms with van der Waals surface area (Å²) < 4.78 is 1.25. The lowest BCUT2D eigenvalue weighted by Crippen LogP contribution is -2.47. The molecule has 22 heavy (non-hydrogen) atoms. The Morgan fingerprint density at radius 3 is 2.73 bits per heavy atom. The van der Waals surface area contributed by atoms with E-state index >= 15 is 0 Å². The van der Waals surface area contributed by atoms with E-state index < -0.39 is 5.54 Å². The summed E-state index contributed by atoms with van der Waals surface area (Å²) in [5, 5.41) is 6.00. The van der Waals surface area contributed by atoms with Gasteiger partial charge >= 0.3 is 0 Å². The quantitative estimate of drug-likeness (QED) is 0.778. The molecule has 0 spiro atoms. The van der Waals surface area contributed by atoms with Gasteiger partial charge in [-0.25, -0.2) is 0 Å². The Labute approximate surface area is 133 Å². The standard InChI is InChI=1S/C18H18N2OS/c1-18(19,17(21)20-2)13-7-5-6-12(10-13)15-11-22-16-9-4-3-8-14(15)16/h3-11H,19H2,1-2H3,(H,20,21). The normalized spacial score (nSPS) is 13.8. The second kappa shape index (κ2) is 5.55. The number of benzene rings is 2. The first-order valence-electron chi connectivity index (χ1n) is 7.12. The van der Waals surface area contributed by atoms with Crippen LogP contribution in [0.2, 0.25) is 0 Å². The highest BCUT2D eigenvalue weighted by Crippen LogP contribution is 2.35. The van der Waals surface area contributed by atoms with E-state index in [4.69, 9.17) is 5.73 Å². The van der Waals surface area contributed by atoms with Gasteiger partial charge in [-0.3, -0.25) is 4.79 Å². The lowest BCUT2D eigenvalue weighted by molar-refractivity contribution is -0.125. The van der Waals surface area contributed by atoms with Crippen LogP contribution < -0.4 is 11.1 Å². The summed E-state index contributed by atoms with van der Waals surface area (Å²) in [5.74, 6) is -0.195. The molecule has 0 saturated carbocycles. The summed E-state index contributed by atoms with van der Waals surface area (Å²) in [4.78, 5) is 12.0. The maximum Gasteiger partial charge on any atom is 0.244 e. The molecule has 2 aromatic carbocycles. The van der Waals surface area contributed by atoms with Gasteiger partial charge < -0.3 is 11.1 Å². The van der Waals surface area contributed by atoms with Gasteiger partial charge in [0.15, 0.2) is 0 Å². The molecule has 0 bridgehead atoms. The van der Waals surface area contributed by atoms with Gasteiger partial charge in [0.1, 0.15) is 5.54 Å². The number of nitrogens with one attached hydrogen (secondary N) is 1. The number of rotatable bonds is 3. The lowest BCUT2D eigenvalue weighted by Gasteiger charge is -2.23. The third-order valence-corrected chi connectivity index (χ3v) is 4.92. The molecule has 0 radical (unpaired) electrons. The van der Waals surface area contributed by atoms with E-state index in [9.17, 15) is 4.79 Å². The molecule has 0 aliphatic heterocycles. The Hall–Kier alpha value is -2.17. The van der Waals surface area contributed by atoms with Crippen LogP contribution in [0.4, 0.5) is 0 Å². The number of amides is 1. The molecule has 0 aliphatic rings. The topological polar surface area (TPSA) is 55.1 Å². The molecule has 1 aromatic heterocycles. The van der Waals surface area contributed by atoms with Crippen LogP contribution in [0.15, 0.2) is 53.9 Å². The number of fused-ring (bicyclic) bond motifs is 1. The van der Waals surface area contributed by atoms with Crippen LogP contribution in [0.25, 0.3) is 21.2 Å². The minimum absolute atomic E-state index is 0.195. The van der Waals surface area contributed by atoms with Crippen molar-refractivity contribution < 1.29 is 4.79 Å². The monoisotopic (exact) mass is 310 g/mol. The minimum atomic E-state index is -1.05. The zero-order valence-electron chi connectivity index (χ0n) is 12.6. The smallest absolute Gasteiger partial charge is 0.244 e. The Kier molecular flexibility index (Phi) is 3.72. The van der Waals surface area contributed by atoms with Crippen molar-refractivity contribution in [3.05, 3.63) is 59.5 Å². The molecule has 1 unspecified atom stereocenters. The minimum Gasteiger partial charge on any atom is -0.357 e. The third-order valence-electron chi connectivity index (χ3n) is 3.95. The fourth-order valence-corrected chi connectivity index (χ4v) is 3.57. The molecule has 3 N–H and O–H groups in total. The predicted octanol–water partition coefficient (Wildman–Crippen LogP) is 3.49. The van der Waals surface area contributed by atoms with Crippen LogP contribution in [0.3, 0.4) is 0 Å². The summed E-state index contributed by atoms with van der Waals surface area (Å²) in [6.07, 6.45) is 0. The molecule has 3 nitrogen and oxygen atoms in total. The first kappa shape index (κ1) is 14.8. The number of likely N-dealkylation sites (N-methyl/N-ethyl adjacent to an activating group) is 1. The van der Waals surface area contributed by atoms with Gasteiger partial charge in [-0.1, -0.05) is 36.4 Å². The van der Waals surface area contributed by atoms with Crippen molar-refractivity contribution in [1.29, 1.82) is 0 Å². The first-order chi connectivity index (χ1) is 10.5. The van der Waals surface area contributed by atoms with E-state index in [1.807, 2.05) is 30.3 Å². The molecule has 3 aromatic rings. The number of carbonyl (C=O) groups is 1. The second-order valence-electron chi connectivity index (χ2n) is 5.51. The average molecular weight is 310 g/mol. The zero-order chi connectivity index (χ0) is 15.7. The van der Waals surface area contributed by atoms with Crippen LogP contribution in [-0.2, 0) is 10.3 Å². The zero-order valence-corrected chi connectivity index (χ0v) is 13.4. The van der Waals surface area contributed by atoms with Crippen molar-refractivity contribution in [3.63, 3.8) is 0 Å². The third kappa shape index (κ3) is 2.40. The van der Waals surface area contributed by atoms with Gasteiger partial charge in [0.2, 0.25) is 5.91 Å². The lowest BCUT2D eigenvalue weighted by atomic mass is 9.89. The molecule has 0 aliphatic carbocycles. The molecule has 3 rings (SSSR count). The summed E-state index contributed by atoms with van der Waals surface area (Å²) in [5.41, 5.74) is 8.23. The molecular formula is C18H18N2OS. The maximum atomic E-state index is 12.0. The molecule has 1 amide bonds. The average Bonchev–Trinajstić information content (AvgIpc) is 2.98. The van der Waals surface area contributed by atoms with Gasteiger partial charge in [0, 0.05) is 22.7 Å². The van der Waals surface area contributed by atoms with Crippen LogP contribution in [0.5, 0.6) is 0 Å². The predicted molar refractivity (Wildman–Crippen MR) is 92.9 cm³/mol. The van der Waals surface area contributed by atoms with Gasteiger partial charge in [-0.15, -0.1) is 11.3 Å². The highest BCUT2D eigenvalue weighted by atomic mass is 32.1. The van der Waals surface area contributed by atoms with Gasteiger partial charge in [0.05, 0.1) is 0 Å². The Morgan fingerprint density at radius 2 is 1.95 bits per heavy atom. The highest BCUT2D eigenvalue weighted by molar-refractivity contribution is 7.17. The van der Waals surface area contributed by atoms with Crippen molar-refractivity contribution >= 4 is 27.3 Å². The fourth-order valence-electron chi connectivity index (χ4n) is 2.60. The van der Waals surface area contributed by atoms with Crippen molar-refractivity contribution in [2.45, 2.75) is 12.5 Å². The van der Waals surface area contributed by atoms with E-state index in [1.54, 1.807) is 25.3 Å². The summed E-state index contributed by atoms with van der Waals surface area (Å²) in [6, 6.07) is 16.2. The van der Waals surface area contributed by atoms with E-state index in [1.165, 1.54) is 15.6 Å². The highest BCUT2D eigenvalue weighted by Gasteiger charge is 2.29. The van der Waals surface area contributed by atoms with Crippen LogP contribution in [0, 0.1) is 0 Å². The van der Waals surface area contributed by atoms with Crippen LogP contribution in [-0.4, -0.2) is 13.0 Å². The molecule has 0 saturated heterocycles.